The van der Waals surface area contributed by atoms with Gasteiger partial charge >= 0.3 is 6.03 Å². The molecule has 3 N–H and O–H groups in total. The summed E-state index contributed by atoms with van der Waals surface area (Å²) < 4.78 is 28.6. The zero-order chi connectivity index (χ0) is 21.7. The van der Waals surface area contributed by atoms with Gasteiger partial charge in [0, 0.05) is 39.4 Å². The van der Waals surface area contributed by atoms with Gasteiger partial charge < -0.3 is 15.6 Å². The molecule has 0 unspecified atom stereocenters. The second-order valence-corrected chi connectivity index (χ2v) is 10.1. The largest absolute Gasteiger partial charge is 0.364 e. The van der Waals surface area contributed by atoms with E-state index in [9.17, 15) is 22.8 Å². The predicted octanol–water partition coefficient (Wildman–Crippen LogP) is -0.748. The number of amides is 4. The molecule has 30 heavy (non-hydrogen) atoms. The molecule has 0 aromatic carbocycles. The molecule has 1 aromatic rings. The van der Waals surface area contributed by atoms with Crippen LogP contribution in [-0.4, -0.2) is 83.3 Å². The molecule has 1 aromatic heterocycles. The van der Waals surface area contributed by atoms with Crippen molar-refractivity contribution in [2.75, 3.05) is 32.8 Å². The predicted molar refractivity (Wildman–Crippen MR) is 106 cm³/mol. The van der Waals surface area contributed by atoms with E-state index >= 15 is 0 Å². The summed E-state index contributed by atoms with van der Waals surface area (Å²) in [5.41, 5.74) is 4.65. The lowest BCUT2D eigenvalue weighted by molar-refractivity contribution is -0.132. The Labute approximate surface area is 174 Å². The number of nitrogens with zero attached hydrogens (tertiary/aromatic N) is 4. The summed E-state index contributed by atoms with van der Waals surface area (Å²) in [7, 11) is -2.21. The van der Waals surface area contributed by atoms with E-state index in [2.05, 4.69) is 5.32 Å². The van der Waals surface area contributed by atoms with E-state index in [0.29, 0.717) is 25.9 Å². The maximum absolute atomic E-state index is 12.9. The van der Waals surface area contributed by atoms with Crippen LogP contribution in [0.5, 0.6) is 0 Å². The van der Waals surface area contributed by atoms with Crippen LogP contribution < -0.4 is 11.1 Å². The second-order valence-electron chi connectivity index (χ2n) is 8.15. The van der Waals surface area contributed by atoms with Crippen molar-refractivity contribution >= 4 is 27.9 Å². The molecule has 164 valence electrons. The van der Waals surface area contributed by atoms with Crippen LogP contribution in [0, 0.1) is 0 Å². The van der Waals surface area contributed by atoms with Crippen LogP contribution in [0.4, 0.5) is 4.79 Å². The molecular weight excluding hydrogens is 412 g/mol. The third-order valence-corrected chi connectivity index (χ3v) is 8.11. The molecule has 1 aliphatic carbocycles. The summed E-state index contributed by atoms with van der Waals surface area (Å²) in [5.74, 6) is -0.874. The molecule has 0 bridgehead atoms. The Morgan fingerprint density at radius 3 is 2.37 bits per heavy atom. The highest BCUT2D eigenvalue weighted by Crippen LogP contribution is 2.35. The van der Waals surface area contributed by atoms with Crippen molar-refractivity contribution in [2.45, 2.75) is 36.1 Å². The summed E-state index contributed by atoms with van der Waals surface area (Å²) in [5, 5.41) is 2.85. The summed E-state index contributed by atoms with van der Waals surface area (Å²) in [6.45, 7) is 1.37. The van der Waals surface area contributed by atoms with E-state index < -0.39 is 21.5 Å². The van der Waals surface area contributed by atoms with Crippen molar-refractivity contribution in [3.05, 3.63) is 18.0 Å². The number of carbonyl (C=O) groups is 3. The Bertz CT molecular complexity index is 989. The number of sulfonamides is 1. The van der Waals surface area contributed by atoms with Crippen LogP contribution in [0.15, 0.2) is 17.2 Å². The number of rotatable bonds is 5. The van der Waals surface area contributed by atoms with Gasteiger partial charge in [0.15, 0.2) is 0 Å². The number of piperazine rings is 1. The quantitative estimate of drug-likeness (QED) is 0.580. The van der Waals surface area contributed by atoms with Crippen LogP contribution in [0.2, 0.25) is 0 Å². The highest BCUT2D eigenvalue weighted by molar-refractivity contribution is 7.89. The monoisotopic (exact) mass is 438 g/mol. The minimum Gasteiger partial charge on any atom is -0.364 e. The lowest BCUT2D eigenvalue weighted by atomic mass is 9.98. The molecule has 0 atom stereocenters. The number of carbonyl (C=O) groups excluding carboxylic acids is 3. The third-order valence-electron chi connectivity index (χ3n) is 6.25. The topological polar surface area (TPSA) is 138 Å². The Hall–Kier alpha value is -2.44. The number of nitrogens with one attached hydrogen (secondary N) is 1. The fourth-order valence-electron chi connectivity index (χ4n) is 4.50. The fraction of sp³-hybridized carbons (Fsp3) is 0.611. The van der Waals surface area contributed by atoms with Gasteiger partial charge in [0.2, 0.25) is 10.0 Å². The molecule has 3 heterocycles. The molecule has 4 amide bonds. The minimum absolute atomic E-state index is 0.0181. The first-order chi connectivity index (χ1) is 14.1. The van der Waals surface area contributed by atoms with Crippen molar-refractivity contribution in [1.82, 2.24) is 24.0 Å². The fourth-order valence-corrected chi connectivity index (χ4v) is 6.00. The molecule has 12 heteroatoms. The number of nitrogens with two attached hydrogens (primary N) is 1. The van der Waals surface area contributed by atoms with Crippen LogP contribution in [0.3, 0.4) is 0 Å². The Balaban J connectivity index is 1.39. The lowest BCUT2D eigenvalue weighted by Gasteiger charge is -2.35. The molecule has 2 aliphatic heterocycles. The highest BCUT2D eigenvalue weighted by atomic mass is 32.2. The smallest absolute Gasteiger partial charge is 0.326 e. The van der Waals surface area contributed by atoms with E-state index in [1.54, 1.807) is 7.05 Å². The van der Waals surface area contributed by atoms with Crippen LogP contribution in [0.1, 0.15) is 36.2 Å². The van der Waals surface area contributed by atoms with Gasteiger partial charge in [-0.05, 0) is 18.9 Å². The highest BCUT2D eigenvalue weighted by Gasteiger charge is 2.52. The van der Waals surface area contributed by atoms with Crippen molar-refractivity contribution in [2.24, 2.45) is 12.8 Å². The lowest BCUT2D eigenvalue weighted by Crippen LogP contribution is -2.53. The van der Waals surface area contributed by atoms with Crippen LogP contribution in [0.25, 0.3) is 0 Å². The molecule has 1 spiro atoms. The summed E-state index contributed by atoms with van der Waals surface area (Å²) in [6, 6.07) is 0.901. The number of urea groups is 1. The number of hydrogen-bond acceptors (Lipinski definition) is 6. The summed E-state index contributed by atoms with van der Waals surface area (Å²) >= 11 is 0. The second kappa shape index (κ2) is 7.36. The van der Waals surface area contributed by atoms with Crippen LogP contribution in [-0.2, 0) is 21.9 Å². The first kappa shape index (κ1) is 20.8. The number of aryl methyl sites for hydroxylation is 1. The Morgan fingerprint density at radius 2 is 1.80 bits per heavy atom. The normalized spacial score (nSPS) is 22.8. The van der Waals surface area contributed by atoms with E-state index in [0.717, 1.165) is 12.8 Å². The van der Waals surface area contributed by atoms with Gasteiger partial charge in [-0.3, -0.25) is 14.5 Å². The molecule has 2 saturated heterocycles. The molecular formula is C18H26N6O5S. The van der Waals surface area contributed by atoms with E-state index in [1.807, 2.05) is 4.90 Å². The first-order valence-electron chi connectivity index (χ1n) is 9.97. The zero-order valence-corrected chi connectivity index (χ0v) is 17.7. The van der Waals surface area contributed by atoms with Gasteiger partial charge in [0.05, 0.1) is 6.67 Å². The number of primary amides is 1. The number of imide groups is 1. The van der Waals surface area contributed by atoms with Crippen LogP contribution >= 0.6 is 0 Å². The average molecular weight is 439 g/mol. The molecule has 3 fully saturated rings. The standard InChI is InChI=1S/C18H26N6O5S/c1-21-11-13(10-14(21)15(19)25)30(28,29)23-8-6-22(7-9-23)12-24-16(26)18(20-17(24)27)4-2-3-5-18/h10-11H,2-9,12H2,1H3,(H2,19,25)(H,20,27). The van der Waals surface area contributed by atoms with Gasteiger partial charge in [-0.15, -0.1) is 0 Å². The van der Waals surface area contributed by atoms with Gasteiger partial charge in [-0.2, -0.15) is 4.31 Å². The Kier molecular flexibility index (Phi) is 5.11. The van der Waals surface area contributed by atoms with Crippen molar-refractivity contribution < 1.29 is 22.8 Å². The van der Waals surface area contributed by atoms with E-state index in [1.165, 1.54) is 26.0 Å². The average Bonchev–Trinajstić information content (AvgIpc) is 3.38. The number of hydrogen-bond donors (Lipinski definition) is 2. The van der Waals surface area contributed by atoms with Gasteiger partial charge in [-0.1, -0.05) is 12.8 Å². The molecule has 3 aliphatic rings. The summed E-state index contributed by atoms with van der Waals surface area (Å²) in [6.07, 6.45) is 4.56. The number of aromatic nitrogens is 1. The van der Waals surface area contributed by atoms with Gasteiger partial charge in [0.1, 0.15) is 16.1 Å². The molecule has 4 rings (SSSR count). The molecule has 11 nitrogen and oxygen atoms in total. The minimum atomic E-state index is -3.77. The summed E-state index contributed by atoms with van der Waals surface area (Å²) in [4.78, 5) is 39.7. The first-order valence-corrected chi connectivity index (χ1v) is 11.4. The van der Waals surface area contributed by atoms with Crippen molar-refractivity contribution in [3.8, 4) is 0 Å². The third kappa shape index (κ3) is 3.38. The maximum atomic E-state index is 12.9. The molecule has 1 saturated carbocycles. The van der Waals surface area contributed by atoms with Gasteiger partial charge in [0.25, 0.3) is 11.8 Å². The SMILES string of the molecule is Cn1cc(S(=O)(=O)N2CCN(CN3C(=O)NC4(CCCC4)C3=O)CC2)cc1C(N)=O. The maximum Gasteiger partial charge on any atom is 0.326 e. The van der Waals surface area contributed by atoms with Crippen molar-refractivity contribution in [1.29, 1.82) is 0 Å². The van der Waals surface area contributed by atoms with E-state index in [4.69, 9.17) is 5.73 Å². The zero-order valence-electron chi connectivity index (χ0n) is 16.8. The Morgan fingerprint density at radius 1 is 1.17 bits per heavy atom. The van der Waals surface area contributed by atoms with Gasteiger partial charge in [-0.25, -0.2) is 18.1 Å². The van der Waals surface area contributed by atoms with Crippen molar-refractivity contribution in [3.63, 3.8) is 0 Å². The molecule has 0 radical (unpaired) electrons. The van der Waals surface area contributed by atoms with E-state index in [-0.39, 0.29) is 42.3 Å².